The Hall–Kier alpha value is -0.740. The van der Waals surface area contributed by atoms with E-state index in [1.807, 2.05) is 24.6 Å². The summed E-state index contributed by atoms with van der Waals surface area (Å²) in [5.41, 5.74) is 0. The number of rotatable bonds is 9. The standard InChI is InChI=1S/C15H26N2OS/c1-5-12(10-18)6-13(8-16-4)7-15-17-9-14(19-15)11(2)3/h9-13,16H,5-8H2,1-4H3. The molecule has 0 bridgehead atoms. The predicted octanol–water partition coefficient (Wildman–Crippen LogP) is 3.26. The molecule has 2 unspecified atom stereocenters. The smallest absolute Gasteiger partial charge is 0.123 e. The van der Waals surface area contributed by atoms with Crippen LogP contribution in [0.3, 0.4) is 0 Å². The third kappa shape index (κ3) is 5.41. The van der Waals surface area contributed by atoms with Crippen LogP contribution >= 0.6 is 11.3 Å². The zero-order chi connectivity index (χ0) is 14.3. The molecule has 19 heavy (non-hydrogen) atoms. The Bertz CT molecular complexity index is 376. The van der Waals surface area contributed by atoms with Crippen molar-refractivity contribution in [3.8, 4) is 0 Å². The highest BCUT2D eigenvalue weighted by Crippen LogP contribution is 2.25. The van der Waals surface area contributed by atoms with Crippen LogP contribution in [0.15, 0.2) is 6.20 Å². The second-order valence-electron chi connectivity index (χ2n) is 5.48. The van der Waals surface area contributed by atoms with Crippen LogP contribution in [0.25, 0.3) is 0 Å². The van der Waals surface area contributed by atoms with Gasteiger partial charge < -0.3 is 10.1 Å². The lowest BCUT2D eigenvalue weighted by Gasteiger charge is -2.18. The molecule has 0 aliphatic carbocycles. The Morgan fingerprint density at radius 1 is 1.47 bits per heavy atom. The first-order valence-electron chi connectivity index (χ1n) is 7.15. The van der Waals surface area contributed by atoms with Gasteiger partial charge in [-0.05, 0) is 38.3 Å². The molecule has 0 aliphatic heterocycles. The number of hydrogen-bond acceptors (Lipinski definition) is 4. The summed E-state index contributed by atoms with van der Waals surface area (Å²) < 4.78 is 0. The fraction of sp³-hybridized carbons (Fsp3) is 0.733. The fourth-order valence-electron chi connectivity index (χ4n) is 2.21. The third-order valence-electron chi connectivity index (χ3n) is 3.45. The van der Waals surface area contributed by atoms with E-state index in [-0.39, 0.29) is 5.92 Å². The Labute approximate surface area is 120 Å². The van der Waals surface area contributed by atoms with Crippen LogP contribution in [0.4, 0.5) is 0 Å². The van der Waals surface area contributed by atoms with Gasteiger partial charge >= 0.3 is 0 Å². The molecule has 1 rings (SSSR count). The normalized spacial score (nSPS) is 14.6. The zero-order valence-corrected chi connectivity index (χ0v) is 13.3. The first-order valence-corrected chi connectivity index (χ1v) is 7.96. The molecule has 1 N–H and O–H groups in total. The minimum Gasteiger partial charge on any atom is -0.319 e. The molecule has 0 aromatic carbocycles. The van der Waals surface area contributed by atoms with E-state index in [1.54, 1.807) is 0 Å². The van der Waals surface area contributed by atoms with Crippen molar-refractivity contribution in [2.45, 2.75) is 46.0 Å². The zero-order valence-electron chi connectivity index (χ0n) is 12.5. The van der Waals surface area contributed by atoms with E-state index in [9.17, 15) is 4.79 Å². The van der Waals surface area contributed by atoms with E-state index in [0.29, 0.717) is 11.8 Å². The summed E-state index contributed by atoms with van der Waals surface area (Å²) in [6, 6.07) is 0. The highest BCUT2D eigenvalue weighted by molar-refractivity contribution is 7.11. The fourth-order valence-corrected chi connectivity index (χ4v) is 3.24. The van der Waals surface area contributed by atoms with Crippen molar-refractivity contribution < 1.29 is 4.79 Å². The summed E-state index contributed by atoms with van der Waals surface area (Å²) in [6.07, 6.45) is 5.96. The topological polar surface area (TPSA) is 42.0 Å². The molecule has 0 aliphatic rings. The Kier molecular flexibility index (Phi) is 7.24. The summed E-state index contributed by atoms with van der Waals surface area (Å²) in [4.78, 5) is 16.9. The first kappa shape index (κ1) is 16.3. The maximum absolute atomic E-state index is 11.0. The van der Waals surface area contributed by atoms with Gasteiger partial charge in [0, 0.05) is 23.4 Å². The van der Waals surface area contributed by atoms with Crippen molar-refractivity contribution in [1.82, 2.24) is 10.3 Å². The van der Waals surface area contributed by atoms with Crippen LogP contribution in [0.1, 0.15) is 49.4 Å². The van der Waals surface area contributed by atoms with Gasteiger partial charge in [0.2, 0.25) is 0 Å². The molecule has 0 saturated heterocycles. The maximum Gasteiger partial charge on any atom is 0.123 e. The first-order chi connectivity index (χ1) is 9.10. The average Bonchev–Trinajstić information content (AvgIpc) is 2.84. The molecule has 1 aromatic heterocycles. The number of nitrogens with one attached hydrogen (secondary N) is 1. The molecule has 0 spiro atoms. The highest BCUT2D eigenvalue weighted by atomic mass is 32.1. The number of thiazole rings is 1. The molecule has 108 valence electrons. The summed E-state index contributed by atoms with van der Waals surface area (Å²) >= 11 is 1.81. The van der Waals surface area contributed by atoms with Crippen LogP contribution in [-0.4, -0.2) is 24.9 Å². The van der Waals surface area contributed by atoms with Crippen molar-refractivity contribution in [2.24, 2.45) is 11.8 Å². The molecule has 0 radical (unpaired) electrons. The van der Waals surface area contributed by atoms with Crippen LogP contribution in [0.5, 0.6) is 0 Å². The molecular formula is C15H26N2OS. The number of carbonyl (C=O) groups excluding carboxylic acids is 1. The van der Waals surface area contributed by atoms with Crippen LogP contribution in [0, 0.1) is 11.8 Å². The molecule has 2 atom stereocenters. The third-order valence-corrected chi connectivity index (χ3v) is 4.77. The largest absolute Gasteiger partial charge is 0.319 e. The molecule has 3 nitrogen and oxygen atoms in total. The Morgan fingerprint density at radius 2 is 2.21 bits per heavy atom. The molecule has 1 aromatic rings. The quantitative estimate of drug-likeness (QED) is 0.707. The van der Waals surface area contributed by atoms with Gasteiger partial charge in [0.05, 0.1) is 5.01 Å². The predicted molar refractivity (Wildman–Crippen MR) is 81.8 cm³/mol. The van der Waals surface area contributed by atoms with E-state index in [0.717, 1.165) is 32.1 Å². The van der Waals surface area contributed by atoms with Crippen LogP contribution in [-0.2, 0) is 11.2 Å². The second-order valence-corrected chi connectivity index (χ2v) is 6.63. The van der Waals surface area contributed by atoms with Gasteiger partial charge in [0.25, 0.3) is 0 Å². The maximum atomic E-state index is 11.0. The Balaban J connectivity index is 2.63. The minimum atomic E-state index is 0.183. The van der Waals surface area contributed by atoms with Gasteiger partial charge in [-0.25, -0.2) is 4.98 Å². The van der Waals surface area contributed by atoms with Crippen molar-refractivity contribution in [3.63, 3.8) is 0 Å². The monoisotopic (exact) mass is 282 g/mol. The van der Waals surface area contributed by atoms with Gasteiger partial charge in [0.1, 0.15) is 6.29 Å². The Morgan fingerprint density at radius 3 is 2.68 bits per heavy atom. The molecule has 4 heteroatoms. The summed E-state index contributed by atoms with van der Waals surface area (Å²) in [5.74, 6) is 1.22. The highest BCUT2D eigenvalue weighted by Gasteiger charge is 2.17. The number of carbonyl (C=O) groups is 1. The summed E-state index contributed by atoms with van der Waals surface area (Å²) in [7, 11) is 1.97. The summed E-state index contributed by atoms with van der Waals surface area (Å²) in [5, 5.41) is 4.43. The van der Waals surface area contributed by atoms with Crippen molar-refractivity contribution >= 4 is 17.6 Å². The second kappa shape index (κ2) is 8.43. The molecule has 0 saturated carbocycles. The van der Waals surface area contributed by atoms with Crippen molar-refractivity contribution in [2.75, 3.05) is 13.6 Å². The lowest BCUT2D eigenvalue weighted by atomic mass is 9.91. The number of aldehydes is 1. The van der Waals surface area contributed by atoms with E-state index < -0.39 is 0 Å². The molecule has 0 amide bonds. The van der Waals surface area contributed by atoms with Gasteiger partial charge in [-0.1, -0.05) is 20.8 Å². The van der Waals surface area contributed by atoms with Gasteiger partial charge in [-0.15, -0.1) is 11.3 Å². The van der Waals surface area contributed by atoms with E-state index in [2.05, 4.69) is 31.1 Å². The molecule has 1 heterocycles. The van der Waals surface area contributed by atoms with Gasteiger partial charge in [-0.3, -0.25) is 0 Å². The lowest BCUT2D eigenvalue weighted by molar-refractivity contribution is -0.111. The number of nitrogens with zero attached hydrogens (tertiary/aromatic N) is 1. The minimum absolute atomic E-state index is 0.183. The summed E-state index contributed by atoms with van der Waals surface area (Å²) in [6.45, 7) is 7.42. The lowest BCUT2D eigenvalue weighted by Crippen LogP contribution is -2.23. The van der Waals surface area contributed by atoms with E-state index >= 15 is 0 Å². The number of aromatic nitrogens is 1. The number of hydrogen-bond donors (Lipinski definition) is 1. The van der Waals surface area contributed by atoms with Crippen LogP contribution in [0.2, 0.25) is 0 Å². The average molecular weight is 282 g/mol. The van der Waals surface area contributed by atoms with Gasteiger partial charge in [-0.2, -0.15) is 0 Å². The molecule has 0 fully saturated rings. The van der Waals surface area contributed by atoms with Gasteiger partial charge in [0.15, 0.2) is 0 Å². The van der Waals surface area contributed by atoms with E-state index in [4.69, 9.17) is 0 Å². The van der Waals surface area contributed by atoms with Crippen molar-refractivity contribution in [3.05, 3.63) is 16.1 Å². The van der Waals surface area contributed by atoms with E-state index in [1.165, 1.54) is 9.88 Å². The molecular weight excluding hydrogens is 256 g/mol. The van der Waals surface area contributed by atoms with Crippen molar-refractivity contribution in [1.29, 1.82) is 0 Å². The van der Waals surface area contributed by atoms with Crippen LogP contribution < -0.4 is 5.32 Å². The SMILES string of the molecule is CCC(C=O)CC(CNC)Cc1ncc(C(C)C)s1.